The van der Waals surface area contributed by atoms with Gasteiger partial charge in [-0.05, 0) is 49.8 Å². The summed E-state index contributed by atoms with van der Waals surface area (Å²) in [6, 6.07) is 21.2. The number of rotatable bonds is 0. The average molecular weight is 358 g/mol. The van der Waals surface area contributed by atoms with Crippen LogP contribution in [-0.4, -0.2) is 0 Å². The fourth-order valence-corrected chi connectivity index (χ4v) is 5.77. The first-order valence-corrected chi connectivity index (χ1v) is 9.83. The minimum absolute atomic E-state index is 0.124. The van der Waals surface area contributed by atoms with Crippen molar-refractivity contribution < 1.29 is 4.39 Å². The van der Waals surface area contributed by atoms with Gasteiger partial charge in [-0.3, -0.25) is 0 Å². The summed E-state index contributed by atoms with van der Waals surface area (Å²) in [7, 11) is 0. The predicted molar refractivity (Wildman–Crippen MR) is 110 cm³/mol. The van der Waals surface area contributed by atoms with Crippen molar-refractivity contribution in [2.75, 3.05) is 0 Å². The van der Waals surface area contributed by atoms with E-state index < -0.39 is 0 Å². The molecule has 0 saturated carbocycles. The summed E-state index contributed by atoms with van der Waals surface area (Å²) in [6.07, 6.45) is 0. The topological polar surface area (TPSA) is 0 Å². The molecule has 2 aromatic heterocycles. The van der Waals surface area contributed by atoms with Crippen molar-refractivity contribution in [2.45, 2.75) is 0 Å². The van der Waals surface area contributed by atoms with Crippen LogP contribution >= 0.6 is 22.7 Å². The molecule has 4 aromatic carbocycles. The first-order valence-electron chi connectivity index (χ1n) is 8.13. The molecule has 0 radical (unpaired) electrons. The van der Waals surface area contributed by atoms with E-state index in [1.165, 1.54) is 48.4 Å². The normalized spacial score (nSPS) is 12.2. The second kappa shape index (κ2) is 4.78. The summed E-state index contributed by atoms with van der Waals surface area (Å²) >= 11 is 3.03. The molecule has 25 heavy (non-hydrogen) atoms. The van der Waals surface area contributed by atoms with Gasteiger partial charge in [0.05, 0.1) is 0 Å². The molecule has 0 aliphatic carbocycles. The highest BCUT2D eigenvalue weighted by atomic mass is 32.1. The summed E-state index contributed by atoms with van der Waals surface area (Å²) in [5.74, 6) is 0. The number of fused-ring (bicyclic) bond motifs is 9. The van der Waals surface area contributed by atoms with Crippen LogP contribution in [0.3, 0.4) is 0 Å². The van der Waals surface area contributed by atoms with Crippen molar-refractivity contribution in [1.29, 1.82) is 0 Å². The van der Waals surface area contributed by atoms with E-state index >= 15 is 0 Å². The Bertz CT molecular complexity index is 1450. The lowest BCUT2D eigenvalue weighted by Gasteiger charge is -2.09. The molecule has 0 saturated heterocycles. The van der Waals surface area contributed by atoms with Gasteiger partial charge >= 0.3 is 0 Å². The maximum absolute atomic E-state index is 13.7. The molecule has 0 fully saturated rings. The Balaban J connectivity index is 1.83. The zero-order valence-corrected chi connectivity index (χ0v) is 14.7. The third kappa shape index (κ3) is 1.80. The predicted octanol–water partition coefficient (Wildman–Crippen LogP) is 7.71. The molecule has 0 spiro atoms. The third-order valence-corrected chi connectivity index (χ3v) is 7.00. The van der Waals surface area contributed by atoms with Crippen LogP contribution in [0.25, 0.3) is 52.5 Å². The molecule has 6 rings (SSSR count). The van der Waals surface area contributed by atoms with E-state index in [1.54, 1.807) is 17.4 Å². The first-order chi connectivity index (χ1) is 12.3. The minimum Gasteiger partial charge on any atom is -0.195 e. The van der Waals surface area contributed by atoms with Crippen molar-refractivity contribution in [2.24, 2.45) is 0 Å². The van der Waals surface area contributed by atoms with Gasteiger partial charge in [0.1, 0.15) is 0 Å². The monoisotopic (exact) mass is 358 g/mol. The van der Waals surface area contributed by atoms with E-state index in [0.29, 0.717) is 0 Å². The van der Waals surface area contributed by atoms with Crippen LogP contribution in [0.2, 0.25) is 0 Å². The molecular formula is C22H11FS2. The number of thiophene rings is 2. The van der Waals surface area contributed by atoms with E-state index in [1.807, 2.05) is 6.07 Å². The lowest BCUT2D eigenvalue weighted by atomic mass is 9.96. The molecule has 0 aliphatic rings. The molecule has 0 nitrogen and oxygen atoms in total. The fraction of sp³-hybridized carbons (Fsp3) is 0. The molecule has 0 amide bonds. The maximum Gasteiger partial charge on any atom is 0.177 e. The molecule has 0 N–H and O–H groups in total. The zero-order valence-electron chi connectivity index (χ0n) is 13.0. The summed E-state index contributed by atoms with van der Waals surface area (Å²) in [4.78, 5) is 0. The van der Waals surface area contributed by atoms with Crippen LogP contribution in [0.15, 0.2) is 66.0 Å². The van der Waals surface area contributed by atoms with Crippen LogP contribution in [0.4, 0.5) is 4.39 Å². The van der Waals surface area contributed by atoms with Gasteiger partial charge in [-0.25, -0.2) is 0 Å². The molecule has 0 aliphatic heterocycles. The van der Waals surface area contributed by atoms with Crippen LogP contribution in [-0.2, 0) is 0 Å². The molecule has 118 valence electrons. The molecular weight excluding hydrogens is 347 g/mol. The van der Waals surface area contributed by atoms with Crippen LogP contribution in [0, 0.1) is 5.13 Å². The average Bonchev–Trinajstić information content (AvgIpc) is 3.25. The van der Waals surface area contributed by atoms with Crippen molar-refractivity contribution in [3.05, 3.63) is 71.2 Å². The summed E-state index contributed by atoms with van der Waals surface area (Å²) < 4.78 is 16.1. The lowest BCUT2D eigenvalue weighted by Crippen LogP contribution is -1.81. The van der Waals surface area contributed by atoms with Crippen LogP contribution in [0.1, 0.15) is 0 Å². The zero-order chi connectivity index (χ0) is 16.5. The Morgan fingerprint density at radius 2 is 1.12 bits per heavy atom. The fourth-order valence-electron chi connectivity index (χ4n) is 3.93. The quantitative estimate of drug-likeness (QED) is 0.244. The van der Waals surface area contributed by atoms with E-state index in [9.17, 15) is 4.39 Å². The molecule has 3 heteroatoms. The Morgan fingerprint density at radius 1 is 0.560 bits per heavy atom. The van der Waals surface area contributed by atoms with Gasteiger partial charge in [-0.2, -0.15) is 4.39 Å². The van der Waals surface area contributed by atoms with E-state index in [4.69, 9.17) is 0 Å². The largest absolute Gasteiger partial charge is 0.195 e. The Morgan fingerprint density at radius 3 is 1.88 bits per heavy atom. The summed E-state index contributed by atoms with van der Waals surface area (Å²) in [6.45, 7) is 0. The molecule has 6 aromatic rings. The Kier molecular flexibility index (Phi) is 2.63. The summed E-state index contributed by atoms with van der Waals surface area (Å²) in [5.41, 5.74) is 0. The smallest absolute Gasteiger partial charge is 0.177 e. The van der Waals surface area contributed by atoms with Gasteiger partial charge in [0, 0.05) is 20.2 Å². The highest BCUT2D eigenvalue weighted by Crippen LogP contribution is 2.39. The number of halogens is 1. The number of hydrogen-bond acceptors (Lipinski definition) is 2. The standard InChI is InChI=1S/C22H11FS2/c23-20-11-13-2-4-17-15-5-7-18-16(3-1-12-9-10-24-21(12)18)14(15)6-8-19(17)22(13)25-20/h1-11H. The minimum atomic E-state index is -0.124. The maximum atomic E-state index is 13.7. The lowest BCUT2D eigenvalue weighted by molar-refractivity contribution is 0.658. The molecule has 0 bridgehead atoms. The Labute approximate surface area is 150 Å². The van der Waals surface area contributed by atoms with Crippen LogP contribution < -0.4 is 0 Å². The highest BCUT2D eigenvalue weighted by molar-refractivity contribution is 7.18. The van der Waals surface area contributed by atoms with Gasteiger partial charge in [0.25, 0.3) is 0 Å². The van der Waals surface area contributed by atoms with E-state index in [2.05, 4.69) is 53.9 Å². The van der Waals surface area contributed by atoms with Crippen molar-refractivity contribution in [1.82, 2.24) is 0 Å². The highest BCUT2D eigenvalue weighted by Gasteiger charge is 2.11. The summed E-state index contributed by atoms with van der Waals surface area (Å²) in [5, 5.41) is 11.7. The SMILES string of the molecule is Fc1cc2ccc3c4ccc5c(ccc6ccsc65)c4ccc3c2s1. The Hall–Kier alpha value is -2.49. The first kappa shape index (κ1) is 13.8. The van der Waals surface area contributed by atoms with Gasteiger partial charge in [-0.15, -0.1) is 22.7 Å². The van der Waals surface area contributed by atoms with Crippen molar-refractivity contribution in [3.8, 4) is 0 Å². The molecule has 0 atom stereocenters. The molecule has 0 unspecified atom stereocenters. The van der Waals surface area contributed by atoms with Gasteiger partial charge in [0.15, 0.2) is 5.13 Å². The van der Waals surface area contributed by atoms with E-state index in [0.717, 1.165) is 15.5 Å². The van der Waals surface area contributed by atoms with Crippen molar-refractivity contribution in [3.63, 3.8) is 0 Å². The second-order valence-corrected chi connectivity index (χ2v) is 8.27. The van der Waals surface area contributed by atoms with Gasteiger partial charge in [0.2, 0.25) is 0 Å². The van der Waals surface area contributed by atoms with Gasteiger partial charge < -0.3 is 0 Å². The van der Waals surface area contributed by atoms with Crippen molar-refractivity contribution >= 4 is 75.2 Å². The van der Waals surface area contributed by atoms with Crippen LogP contribution in [0.5, 0.6) is 0 Å². The second-order valence-electron chi connectivity index (χ2n) is 6.36. The third-order valence-electron chi connectivity index (χ3n) is 5.06. The molecule has 2 heterocycles. The number of hydrogen-bond donors (Lipinski definition) is 0. The number of benzene rings is 4. The van der Waals surface area contributed by atoms with E-state index in [-0.39, 0.29) is 5.13 Å². The van der Waals surface area contributed by atoms with Gasteiger partial charge in [-0.1, -0.05) is 48.5 Å².